The van der Waals surface area contributed by atoms with Crippen molar-refractivity contribution in [3.8, 4) is 0 Å². The molecule has 0 bridgehead atoms. The third kappa shape index (κ3) is 2.98. The molecule has 0 amide bonds. The maximum atomic E-state index is 12.4. The van der Waals surface area contributed by atoms with Gasteiger partial charge in [-0.25, -0.2) is 4.79 Å². The van der Waals surface area contributed by atoms with Crippen LogP contribution in [0.4, 0.5) is 13.2 Å². The van der Waals surface area contributed by atoms with E-state index in [0.717, 1.165) is 4.68 Å². The molecule has 1 aromatic heterocycles. The summed E-state index contributed by atoms with van der Waals surface area (Å²) in [4.78, 5) is 11.1. The summed E-state index contributed by atoms with van der Waals surface area (Å²) in [6.45, 7) is 4.88. The Morgan fingerprint density at radius 2 is 1.94 bits per heavy atom. The first-order valence-electron chi connectivity index (χ1n) is 4.87. The summed E-state index contributed by atoms with van der Waals surface area (Å²) in [6.07, 6.45) is -3.18. The molecular weight excluding hydrogens is 237 g/mol. The van der Waals surface area contributed by atoms with Crippen LogP contribution in [0.15, 0.2) is 12.4 Å². The average Bonchev–Trinajstić information content (AvgIpc) is 2.47. The minimum atomic E-state index is -4.51. The highest BCUT2D eigenvalue weighted by Gasteiger charge is 2.37. The van der Waals surface area contributed by atoms with Crippen LogP contribution in [0.5, 0.6) is 0 Å². The quantitative estimate of drug-likeness (QED) is 0.877. The zero-order valence-electron chi connectivity index (χ0n) is 9.62. The molecule has 1 N–H and O–H groups in total. The molecular formula is C10H13F3N2O2. The second-order valence-electron chi connectivity index (χ2n) is 4.81. The van der Waals surface area contributed by atoms with Gasteiger partial charge in [0, 0.05) is 6.20 Å². The van der Waals surface area contributed by atoms with Gasteiger partial charge in [-0.15, -0.1) is 0 Å². The fourth-order valence-corrected chi connectivity index (χ4v) is 1.51. The second-order valence-corrected chi connectivity index (χ2v) is 4.81. The zero-order chi connectivity index (χ0) is 13.4. The van der Waals surface area contributed by atoms with Gasteiger partial charge in [0.2, 0.25) is 0 Å². The monoisotopic (exact) mass is 250 g/mol. The van der Waals surface area contributed by atoms with Crippen molar-refractivity contribution in [2.24, 2.45) is 5.41 Å². The summed E-state index contributed by atoms with van der Waals surface area (Å²) in [6, 6.07) is -1.14. The molecule has 1 aromatic rings. The van der Waals surface area contributed by atoms with E-state index in [1.54, 1.807) is 20.8 Å². The van der Waals surface area contributed by atoms with Crippen molar-refractivity contribution in [3.05, 3.63) is 18.0 Å². The molecule has 0 aromatic carbocycles. The van der Waals surface area contributed by atoms with Crippen molar-refractivity contribution in [2.75, 3.05) is 0 Å². The number of aromatic nitrogens is 2. The molecule has 0 saturated heterocycles. The molecule has 0 radical (unpaired) electrons. The maximum Gasteiger partial charge on any atom is 0.419 e. The van der Waals surface area contributed by atoms with Gasteiger partial charge in [0.25, 0.3) is 0 Å². The molecule has 17 heavy (non-hydrogen) atoms. The van der Waals surface area contributed by atoms with Crippen LogP contribution in [0.25, 0.3) is 0 Å². The highest BCUT2D eigenvalue weighted by Crippen LogP contribution is 2.33. The Kier molecular flexibility index (Phi) is 3.22. The second kappa shape index (κ2) is 4.05. The van der Waals surface area contributed by atoms with Crippen molar-refractivity contribution in [2.45, 2.75) is 33.0 Å². The zero-order valence-corrected chi connectivity index (χ0v) is 9.62. The lowest BCUT2D eigenvalue weighted by atomic mass is 9.87. The summed E-state index contributed by atoms with van der Waals surface area (Å²) in [5, 5.41) is 12.5. The molecule has 4 nitrogen and oxygen atoms in total. The predicted molar refractivity (Wildman–Crippen MR) is 53.4 cm³/mol. The standard InChI is InChI=1S/C10H13F3N2O2/c1-9(2,3)7(8(16)17)15-5-6(4-14-15)10(11,12)13/h4-5,7H,1-3H3,(H,16,17). The predicted octanol–water partition coefficient (Wildman–Crippen LogP) is 2.57. The van der Waals surface area contributed by atoms with Crippen LogP contribution in [-0.4, -0.2) is 20.9 Å². The highest BCUT2D eigenvalue weighted by atomic mass is 19.4. The molecule has 1 rings (SSSR count). The Balaban J connectivity index is 3.14. The Hall–Kier alpha value is -1.53. The van der Waals surface area contributed by atoms with Crippen LogP contribution in [0.1, 0.15) is 32.4 Å². The molecule has 1 unspecified atom stereocenters. The first-order valence-corrected chi connectivity index (χ1v) is 4.87. The lowest BCUT2D eigenvalue weighted by molar-refractivity contribution is -0.145. The van der Waals surface area contributed by atoms with E-state index in [2.05, 4.69) is 5.10 Å². The van der Waals surface area contributed by atoms with Gasteiger partial charge in [-0.1, -0.05) is 20.8 Å². The van der Waals surface area contributed by atoms with E-state index in [1.807, 2.05) is 0 Å². The summed E-state index contributed by atoms with van der Waals surface area (Å²) in [7, 11) is 0. The van der Waals surface area contributed by atoms with Crippen molar-refractivity contribution >= 4 is 5.97 Å². The van der Waals surface area contributed by atoms with Crippen LogP contribution in [0.2, 0.25) is 0 Å². The Morgan fingerprint density at radius 1 is 1.41 bits per heavy atom. The summed E-state index contributed by atoms with van der Waals surface area (Å²) in [5.74, 6) is -1.21. The first kappa shape index (κ1) is 13.5. The van der Waals surface area contributed by atoms with Gasteiger partial charge in [-0.3, -0.25) is 4.68 Å². The molecule has 0 fully saturated rings. The van der Waals surface area contributed by atoms with E-state index in [4.69, 9.17) is 5.11 Å². The average molecular weight is 250 g/mol. The van der Waals surface area contributed by atoms with Crippen LogP contribution < -0.4 is 0 Å². The van der Waals surface area contributed by atoms with E-state index in [-0.39, 0.29) is 0 Å². The van der Waals surface area contributed by atoms with Crippen molar-refractivity contribution < 1.29 is 23.1 Å². The number of aliphatic carboxylic acids is 1. The Morgan fingerprint density at radius 3 is 2.24 bits per heavy atom. The van der Waals surface area contributed by atoms with Gasteiger partial charge in [-0.05, 0) is 5.41 Å². The highest BCUT2D eigenvalue weighted by molar-refractivity contribution is 5.72. The normalized spacial score (nSPS) is 14.7. The van der Waals surface area contributed by atoms with E-state index in [1.165, 1.54) is 0 Å². The number of rotatable bonds is 2. The minimum absolute atomic E-state index is 0.627. The van der Waals surface area contributed by atoms with E-state index < -0.39 is 29.2 Å². The third-order valence-electron chi connectivity index (χ3n) is 2.25. The fraction of sp³-hybridized carbons (Fsp3) is 0.600. The number of carbonyl (C=O) groups is 1. The molecule has 1 heterocycles. The van der Waals surface area contributed by atoms with Crippen molar-refractivity contribution in [1.29, 1.82) is 0 Å². The van der Waals surface area contributed by atoms with Crippen LogP contribution >= 0.6 is 0 Å². The molecule has 0 aliphatic heterocycles. The van der Waals surface area contributed by atoms with Crippen LogP contribution in [0, 0.1) is 5.41 Å². The van der Waals surface area contributed by atoms with E-state index >= 15 is 0 Å². The van der Waals surface area contributed by atoms with Crippen molar-refractivity contribution in [1.82, 2.24) is 9.78 Å². The van der Waals surface area contributed by atoms with Crippen LogP contribution in [0.3, 0.4) is 0 Å². The summed E-state index contributed by atoms with van der Waals surface area (Å²) >= 11 is 0. The number of hydrogen-bond acceptors (Lipinski definition) is 2. The summed E-state index contributed by atoms with van der Waals surface area (Å²) < 4.78 is 37.9. The van der Waals surface area contributed by atoms with Crippen molar-refractivity contribution in [3.63, 3.8) is 0 Å². The van der Waals surface area contributed by atoms with Gasteiger partial charge < -0.3 is 5.11 Å². The topological polar surface area (TPSA) is 55.1 Å². The molecule has 0 aliphatic rings. The van der Waals surface area contributed by atoms with Crippen LogP contribution in [-0.2, 0) is 11.0 Å². The lowest BCUT2D eigenvalue weighted by Crippen LogP contribution is -2.31. The molecule has 1 atom stereocenters. The largest absolute Gasteiger partial charge is 0.480 e. The van der Waals surface area contributed by atoms with Gasteiger partial charge in [0.1, 0.15) is 0 Å². The molecule has 0 aliphatic carbocycles. The number of hydrogen-bond donors (Lipinski definition) is 1. The number of alkyl halides is 3. The number of nitrogens with zero attached hydrogens (tertiary/aromatic N) is 2. The Bertz CT molecular complexity index is 418. The molecule has 0 saturated carbocycles. The first-order chi connectivity index (χ1) is 7.53. The maximum absolute atomic E-state index is 12.4. The van der Waals surface area contributed by atoms with Gasteiger partial charge in [0.05, 0.1) is 11.8 Å². The van der Waals surface area contributed by atoms with Gasteiger partial charge in [-0.2, -0.15) is 18.3 Å². The number of halogens is 3. The lowest BCUT2D eigenvalue weighted by Gasteiger charge is -2.27. The van der Waals surface area contributed by atoms with Gasteiger partial charge >= 0.3 is 12.1 Å². The SMILES string of the molecule is CC(C)(C)C(C(=O)O)n1cc(C(F)(F)F)cn1. The Labute approximate surface area is 96.0 Å². The molecule has 7 heteroatoms. The minimum Gasteiger partial charge on any atom is -0.480 e. The smallest absolute Gasteiger partial charge is 0.419 e. The number of carboxylic acid groups (broad SMARTS) is 1. The van der Waals surface area contributed by atoms with E-state index in [0.29, 0.717) is 12.4 Å². The molecule has 0 spiro atoms. The van der Waals surface area contributed by atoms with E-state index in [9.17, 15) is 18.0 Å². The summed E-state index contributed by atoms with van der Waals surface area (Å²) in [5.41, 5.74) is -1.69. The number of carboxylic acids is 1. The third-order valence-corrected chi connectivity index (χ3v) is 2.25. The van der Waals surface area contributed by atoms with Gasteiger partial charge in [0.15, 0.2) is 6.04 Å². The fourth-order valence-electron chi connectivity index (χ4n) is 1.51. The molecule has 96 valence electrons.